The first kappa shape index (κ1) is 18.5. The van der Waals surface area contributed by atoms with Gasteiger partial charge in [-0.2, -0.15) is 13.2 Å². The van der Waals surface area contributed by atoms with Crippen LogP contribution in [-0.2, 0) is 14.3 Å². The van der Waals surface area contributed by atoms with Crippen LogP contribution in [0, 0.1) is 0 Å². The molecule has 0 aliphatic rings. The van der Waals surface area contributed by atoms with Crippen molar-refractivity contribution in [3.63, 3.8) is 0 Å². The molecule has 20 heavy (non-hydrogen) atoms. The van der Waals surface area contributed by atoms with Crippen molar-refractivity contribution in [1.82, 2.24) is 5.32 Å². The van der Waals surface area contributed by atoms with Crippen LogP contribution in [-0.4, -0.2) is 36.5 Å². The van der Waals surface area contributed by atoms with Gasteiger partial charge in [-0.1, -0.05) is 0 Å². The van der Waals surface area contributed by atoms with Gasteiger partial charge in [0.15, 0.2) is 0 Å². The van der Waals surface area contributed by atoms with Crippen molar-refractivity contribution in [2.75, 3.05) is 6.61 Å². The zero-order chi connectivity index (χ0) is 16.0. The van der Waals surface area contributed by atoms with Gasteiger partial charge in [-0.05, 0) is 34.1 Å². The van der Waals surface area contributed by atoms with Crippen molar-refractivity contribution in [1.29, 1.82) is 0 Å². The highest BCUT2D eigenvalue weighted by Crippen LogP contribution is 2.22. The highest BCUT2D eigenvalue weighted by atomic mass is 19.4. The van der Waals surface area contributed by atoms with E-state index >= 15 is 0 Å². The van der Waals surface area contributed by atoms with Gasteiger partial charge in [0, 0.05) is 6.42 Å². The van der Waals surface area contributed by atoms with E-state index in [-0.39, 0.29) is 6.61 Å². The van der Waals surface area contributed by atoms with Crippen LogP contribution >= 0.6 is 0 Å². The predicted molar refractivity (Wildman–Crippen MR) is 65.1 cm³/mol. The van der Waals surface area contributed by atoms with Crippen LogP contribution in [0.15, 0.2) is 0 Å². The second-order valence-corrected chi connectivity index (χ2v) is 5.10. The highest BCUT2D eigenvalue weighted by molar-refractivity contribution is 5.81. The maximum atomic E-state index is 12.2. The fourth-order valence-corrected chi connectivity index (χ4v) is 1.25. The summed E-state index contributed by atoms with van der Waals surface area (Å²) in [6.07, 6.45) is -7.17. The summed E-state index contributed by atoms with van der Waals surface area (Å²) < 4.78 is 46.0. The monoisotopic (exact) mass is 299 g/mol. The van der Waals surface area contributed by atoms with Crippen LogP contribution in [0.5, 0.6) is 0 Å². The van der Waals surface area contributed by atoms with E-state index in [2.05, 4.69) is 10.1 Å². The Morgan fingerprint density at radius 2 is 1.75 bits per heavy atom. The van der Waals surface area contributed by atoms with E-state index in [9.17, 15) is 22.8 Å². The summed E-state index contributed by atoms with van der Waals surface area (Å²) in [7, 11) is 0. The minimum Gasteiger partial charge on any atom is -0.464 e. The first-order valence-electron chi connectivity index (χ1n) is 6.17. The summed E-state index contributed by atoms with van der Waals surface area (Å²) in [5, 5.41) is 2.10. The Balaban J connectivity index is 4.61. The van der Waals surface area contributed by atoms with Gasteiger partial charge in [0.2, 0.25) is 0 Å². The zero-order valence-electron chi connectivity index (χ0n) is 12.0. The van der Waals surface area contributed by atoms with Crippen molar-refractivity contribution >= 4 is 12.1 Å². The predicted octanol–water partition coefficient (Wildman–Crippen LogP) is 2.79. The number of amides is 1. The fourth-order valence-electron chi connectivity index (χ4n) is 1.25. The average molecular weight is 299 g/mol. The topological polar surface area (TPSA) is 64.6 Å². The Labute approximate surface area is 115 Å². The lowest BCUT2D eigenvalue weighted by atomic mass is 10.1. The third kappa shape index (κ3) is 9.46. The van der Waals surface area contributed by atoms with Crippen molar-refractivity contribution in [3.05, 3.63) is 0 Å². The fraction of sp³-hybridized carbons (Fsp3) is 0.833. The van der Waals surface area contributed by atoms with Gasteiger partial charge >= 0.3 is 18.2 Å². The van der Waals surface area contributed by atoms with Gasteiger partial charge in [0.05, 0.1) is 6.61 Å². The van der Waals surface area contributed by atoms with Gasteiger partial charge in [-0.15, -0.1) is 0 Å². The maximum absolute atomic E-state index is 12.2. The molecule has 0 aromatic rings. The molecule has 0 spiro atoms. The van der Waals surface area contributed by atoms with Crippen LogP contribution in [0.2, 0.25) is 0 Å². The van der Waals surface area contributed by atoms with Crippen LogP contribution in [0.4, 0.5) is 18.0 Å². The Morgan fingerprint density at radius 1 is 1.20 bits per heavy atom. The number of hydrogen-bond acceptors (Lipinski definition) is 4. The molecular formula is C12H20F3NO4. The average Bonchev–Trinajstić information content (AvgIpc) is 2.20. The van der Waals surface area contributed by atoms with Gasteiger partial charge < -0.3 is 14.8 Å². The molecule has 0 bridgehead atoms. The smallest absolute Gasteiger partial charge is 0.408 e. The maximum Gasteiger partial charge on any atom is 0.408 e. The number of esters is 1. The molecule has 5 nitrogen and oxygen atoms in total. The van der Waals surface area contributed by atoms with Gasteiger partial charge in [-0.3, -0.25) is 0 Å². The number of ether oxygens (including phenoxy) is 2. The Bertz CT molecular complexity index is 337. The van der Waals surface area contributed by atoms with Crippen molar-refractivity contribution in [3.8, 4) is 0 Å². The molecule has 0 radical (unpaired) electrons. The molecule has 118 valence electrons. The summed E-state index contributed by atoms with van der Waals surface area (Å²) >= 11 is 0. The van der Waals surface area contributed by atoms with Crippen LogP contribution < -0.4 is 5.32 Å². The van der Waals surface area contributed by atoms with E-state index in [1.807, 2.05) is 0 Å². The summed E-state index contributed by atoms with van der Waals surface area (Å²) in [6.45, 7) is 6.33. The standard InChI is InChI=1S/C12H20F3NO4/c1-5-19-9(17)8(6-7-12(13,14)15)16-10(18)20-11(2,3)4/h8H,5-7H2,1-4H3,(H,16,18). The van der Waals surface area contributed by atoms with E-state index in [4.69, 9.17) is 4.74 Å². The number of hydrogen-bond donors (Lipinski definition) is 1. The van der Waals surface area contributed by atoms with Crippen LogP contribution in [0.3, 0.4) is 0 Å². The van der Waals surface area contributed by atoms with E-state index < -0.39 is 42.7 Å². The van der Waals surface area contributed by atoms with E-state index in [1.165, 1.54) is 6.92 Å². The summed E-state index contributed by atoms with van der Waals surface area (Å²) in [5.74, 6) is -0.914. The minimum atomic E-state index is -4.42. The number of nitrogens with one attached hydrogen (secondary N) is 1. The SMILES string of the molecule is CCOC(=O)C(CCC(F)(F)F)NC(=O)OC(C)(C)C. The minimum absolute atomic E-state index is 0.0113. The molecule has 1 atom stereocenters. The summed E-state index contributed by atoms with van der Waals surface area (Å²) in [4.78, 5) is 23.0. The molecule has 0 aromatic heterocycles. The Morgan fingerprint density at radius 3 is 2.15 bits per heavy atom. The molecule has 0 rings (SSSR count). The number of rotatable bonds is 5. The third-order valence-electron chi connectivity index (χ3n) is 1.98. The van der Waals surface area contributed by atoms with Crippen molar-refractivity contribution < 1.29 is 32.2 Å². The zero-order valence-corrected chi connectivity index (χ0v) is 12.0. The number of alkyl carbamates (subject to hydrolysis) is 1. The number of halogens is 3. The molecule has 0 heterocycles. The lowest BCUT2D eigenvalue weighted by Crippen LogP contribution is -2.44. The molecule has 0 fully saturated rings. The van der Waals surface area contributed by atoms with E-state index in [0.29, 0.717) is 0 Å². The summed E-state index contributed by atoms with van der Waals surface area (Å²) in [6, 6.07) is -1.38. The van der Waals surface area contributed by atoms with Gasteiger partial charge in [-0.25, -0.2) is 9.59 Å². The van der Waals surface area contributed by atoms with Crippen molar-refractivity contribution in [2.45, 2.75) is 58.4 Å². The number of carbonyl (C=O) groups is 2. The molecule has 0 aliphatic heterocycles. The molecular weight excluding hydrogens is 279 g/mol. The first-order chi connectivity index (χ1) is 8.94. The second kappa shape index (κ2) is 7.35. The lowest BCUT2D eigenvalue weighted by molar-refractivity contribution is -0.150. The highest BCUT2D eigenvalue weighted by Gasteiger charge is 2.32. The van der Waals surface area contributed by atoms with Gasteiger partial charge in [0.1, 0.15) is 11.6 Å². The lowest BCUT2D eigenvalue weighted by Gasteiger charge is -2.23. The number of carbonyl (C=O) groups excluding carboxylic acids is 2. The summed E-state index contributed by atoms with van der Waals surface area (Å²) in [5.41, 5.74) is -0.812. The molecule has 1 amide bonds. The first-order valence-corrected chi connectivity index (χ1v) is 6.17. The molecule has 1 unspecified atom stereocenters. The molecule has 0 saturated carbocycles. The molecule has 0 saturated heterocycles. The molecule has 0 aromatic carbocycles. The third-order valence-corrected chi connectivity index (χ3v) is 1.98. The van der Waals surface area contributed by atoms with Crippen LogP contribution in [0.25, 0.3) is 0 Å². The molecule has 8 heteroatoms. The Kier molecular flexibility index (Phi) is 6.81. The quantitative estimate of drug-likeness (QED) is 0.793. The van der Waals surface area contributed by atoms with E-state index in [0.717, 1.165) is 0 Å². The van der Waals surface area contributed by atoms with Gasteiger partial charge in [0.25, 0.3) is 0 Å². The second-order valence-electron chi connectivity index (χ2n) is 5.10. The van der Waals surface area contributed by atoms with E-state index in [1.54, 1.807) is 20.8 Å². The normalized spacial score (nSPS) is 13.6. The largest absolute Gasteiger partial charge is 0.464 e. The van der Waals surface area contributed by atoms with Crippen molar-refractivity contribution in [2.24, 2.45) is 0 Å². The van der Waals surface area contributed by atoms with Crippen LogP contribution in [0.1, 0.15) is 40.5 Å². The number of alkyl halides is 3. The Hall–Kier alpha value is -1.47. The molecule has 0 aliphatic carbocycles. The molecule has 1 N–H and O–H groups in total.